The third-order valence-corrected chi connectivity index (χ3v) is 5.24. The Morgan fingerprint density at radius 1 is 1.28 bits per heavy atom. The number of nitrogens with zero attached hydrogens (tertiary/aromatic N) is 4. The quantitative estimate of drug-likeness (QED) is 0.802. The second-order valence-corrected chi connectivity index (χ2v) is 7.25. The van der Waals surface area contributed by atoms with Crippen LogP contribution in [0, 0.1) is 11.7 Å². The van der Waals surface area contributed by atoms with Gasteiger partial charge in [0.15, 0.2) is 0 Å². The van der Waals surface area contributed by atoms with Crippen molar-refractivity contribution in [3.8, 4) is 0 Å². The molecule has 0 saturated carbocycles. The van der Waals surface area contributed by atoms with E-state index in [0.717, 1.165) is 31.7 Å². The van der Waals surface area contributed by atoms with Gasteiger partial charge >= 0.3 is 0 Å². The zero-order valence-electron chi connectivity index (χ0n) is 15.5. The SMILES string of the molecule is CCN1CCC[C@@H](CN(C)Cc2ccc(F)cc2)[C@@H]1c1cnn(C)c1. The van der Waals surface area contributed by atoms with Gasteiger partial charge in [0.1, 0.15) is 5.82 Å². The van der Waals surface area contributed by atoms with Gasteiger partial charge in [0.25, 0.3) is 0 Å². The summed E-state index contributed by atoms with van der Waals surface area (Å²) in [5.74, 6) is 0.414. The molecule has 2 aromatic rings. The lowest BCUT2D eigenvalue weighted by Gasteiger charge is -2.42. The summed E-state index contributed by atoms with van der Waals surface area (Å²) in [5.41, 5.74) is 2.48. The highest BCUT2D eigenvalue weighted by Gasteiger charge is 2.33. The highest BCUT2D eigenvalue weighted by molar-refractivity contribution is 5.16. The molecule has 0 N–H and O–H groups in total. The van der Waals surface area contributed by atoms with Gasteiger partial charge in [-0.1, -0.05) is 19.1 Å². The number of likely N-dealkylation sites (tertiary alicyclic amines) is 1. The molecule has 0 spiro atoms. The fourth-order valence-electron chi connectivity index (χ4n) is 4.14. The fraction of sp³-hybridized carbons (Fsp3) is 0.550. The smallest absolute Gasteiger partial charge is 0.123 e. The molecule has 1 aromatic carbocycles. The second-order valence-electron chi connectivity index (χ2n) is 7.25. The highest BCUT2D eigenvalue weighted by atomic mass is 19.1. The lowest BCUT2D eigenvalue weighted by atomic mass is 9.85. The summed E-state index contributed by atoms with van der Waals surface area (Å²) in [7, 11) is 4.15. The maximum absolute atomic E-state index is 13.1. The van der Waals surface area contributed by atoms with Crippen LogP contribution < -0.4 is 0 Å². The van der Waals surface area contributed by atoms with E-state index in [1.807, 2.05) is 30.1 Å². The largest absolute Gasteiger partial charge is 0.302 e. The number of aryl methyl sites for hydroxylation is 1. The van der Waals surface area contributed by atoms with Crippen LogP contribution in [-0.4, -0.2) is 46.3 Å². The van der Waals surface area contributed by atoms with E-state index >= 15 is 0 Å². The minimum Gasteiger partial charge on any atom is -0.302 e. The predicted octanol–water partition coefficient (Wildman–Crippen LogP) is 3.46. The van der Waals surface area contributed by atoms with Gasteiger partial charge in [-0.15, -0.1) is 0 Å². The third kappa shape index (κ3) is 4.47. The molecular weight excluding hydrogens is 315 g/mol. The van der Waals surface area contributed by atoms with Crippen molar-refractivity contribution in [3.05, 3.63) is 53.6 Å². The molecule has 1 saturated heterocycles. The van der Waals surface area contributed by atoms with E-state index < -0.39 is 0 Å². The van der Waals surface area contributed by atoms with Crippen LogP contribution in [0.15, 0.2) is 36.7 Å². The van der Waals surface area contributed by atoms with Gasteiger partial charge in [-0.2, -0.15) is 5.10 Å². The van der Waals surface area contributed by atoms with Crippen molar-refractivity contribution < 1.29 is 4.39 Å². The first-order valence-corrected chi connectivity index (χ1v) is 9.22. The molecule has 0 aliphatic carbocycles. The van der Waals surface area contributed by atoms with E-state index in [0.29, 0.717) is 12.0 Å². The van der Waals surface area contributed by atoms with E-state index in [1.54, 1.807) is 12.1 Å². The van der Waals surface area contributed by atoms with Crippen molar-refractivity contribution >= 4 is 0 Å². The van der Waals surface area contributed by atoms with Crippen LogP contribution >= 0.6 is 0 Å². The Balaban J connectivity index is 1.70. The van der Waals surface area contributed by atoms with E-state index in [1.165, 1.54) is 18.4 Å². The molecule has 1 aliphatic rings. The third-order valence-electron chi connectivity index (χ3n) is 5.24. The first-order chi connectivity index (χ1) is 12.1. The van der Waals surface area contributed by atoms with E-state index in [-0.39, 0.29) is 5.82 Å². The van der Waals surface area contributed by atoms with Gasteiger partial charge in [-0.3, -0.25) is 9.58 Å². The number of aromatic nitrogens is 2. The molecule has 2 atom stereocenters. The molecule has 2 heterocycles. The molecule has 0 radical (unpaired) electrons. The first kappa shape index (κ1) is 18.1. The fourth-order valence-corrected chi connectivity index (χ4v) is 4.14. The standard InChI is InChI=1S/C20H29FN4/c1-4-25-11-5-6-17(20(25)18-12-22-24(3)15-18)14-23(2)13-16-7-9-19(21)10-8-16/h7-10,12,15,17,20H,4-6,11,13-14H2,1-3H3/t17-,20+/m0/s1. The Labute approximate surface area is 150 Å². The van der Waals surface area contributed by atoms with Crippen molar-refractivity contribution in [3.63, 3.8) is 0 Å². The number of halogens is 1. The van der Waals surface area contributed by atoms with Gasteiger partial charge < -0.3 is 4.90 Å². The molecule has 1 aliphatic heterocycles. The Bertz CT molecular complexity index is 667. The highest BCUT2D eigenvalue weighted by Crippen LogP contribution is 2.36. The van der Waals surface area contributed by atoms with Crippen LogP contribution in [0.2, 0.25) is 0 Å². The lowest BCUT2D eigenvalue weighted by Crippen LogP contribution is -2.42. The summed E-state index contributed by atoms with van der Waals surface area (Å²) in [6, 6.07) is 7.28. The minimum atomic E-state index is -0.172. The van der Waals surface area contributed by atoms with Gasteiger partial charge in [-0.25, -0.2) is 4.39 Å². The number of hydrogen-bond acceptors (Lipinski definition) is 3. The summed E-state index contributed by atoms with van der Waals surface area (Å²) < 4.78 is 15.0. The Morgan fingerprint density at radius 2 is 2.04 bits per heavy atom. The zero-order chi connectivity index (χ0) is 17.8. The van der Waals surface area contributed by atoms with Gasteiger partial charge in [-0.05, 0) is 56.6 Å². The van der Waals surface area contributed by atoms with Crippen molar-refractivity contribution in [2.24, 2.45) is 13.0 Å². The van der Waals surface area contributed by atoms with Crippen LogP contribution in [0.3, 0.4) is 0 Å². The molecule has 3 rings (SSSR count). The topological polar surface area (TPSA) is 24.3 Å². The van der Waals surface area contributed by atoms with Crippen molar-refractivity contribution in [1.29, 1.82) is 0 Å². The predicted molar refractivity (Wildman–Crippen MR) is 98.7 cm³/mol. The molecule has 4 nitrogen and oxygen atoms in total. The first-order valence-electron chi connectivity index (χ1n) is 9.22. The molecule has 5 heteroatoms. The van der Waals surface area contributed by atoms with Gasteiger partial charge in [0.05, 0.1) is 6.20 Å². The Kier molecular flexibility index (Phi) is 5.86. The van der Waals surface area contributed by atoms with E-state index in [4.69, 9.17) is 0 Å². The monoisotopic (exact) mass is 344 g/mol. The molecule has 1 aromatic heterocycles. The number of benzene rings is 1. The zero-order valence-corrected chi connectivity index (χ0v) is 15.5. The Hall–Kier alpha value is -1.72. The van der Waals surface area contributed by atoms with Crippen molar-refractivity contribution in [2.75, 3.05) is 26.7 Å². The summed E-state index contributed by atoms with van der Waals surface area (Å²) in [6.45, 7) is 6.36. The number of hydrogen-bond donors (Lipinski definition) is 0. The summed E-state index contributed by atoms with van der Waals surface area (Å²) >= 11 is 0. The molecule has 25 heavy (non-hydrogen) atoms. The molecular formula is C20H29FN4. The average molecular weight is 344 g/mol. The maximum Gasteiger partial charge on any atom is 0.123 e. The molecule has 1 fully saturated rings. The van der Waals surface area contributed by atoms with Gasteiger partial charge in [0, 0.05) is 37.9 Å². The summed E-state index contributed by atoms with van der Waals surface area (Å²) in [5, 5.41) is 4.39. The average Bonchev–Trinajstić information content (AvgIpc) is 3.02. The van der Waals surface area contributed by atoms with E-state index in [2.05, 4.69) is 35.1 Å². The van der Waals surface area contributed by atoms with Crippen LogP contribution in [0.25, 0.3) is 0 Å². The normalized spacial score (nSPS) is 21.8. The minimum absolute atomic E-state index is 0.172. The maximum atomic E-state index is 13.1. The van der Waals surface area contributed by atoms with Gasteiger partial charge in [0.2, 0.25) is 0 Å². The second kappa shape index (κ2) is 8.11. The molecule has 0 bridgehead atoms. The van der Waals surface area contributed by atoms with Crippen LogP contribution in [0.1, 0.15) is 36.9 Å². The van der Waals surface area contributed by atoms with Crippen LogP contribution in [-0.2, 0) is 13.6 Å². The van der Waals surface area contributed by atoms with Crippen LogP contribution in [0.4, 0.5) is 4.39 Å². The lowest BCUT2D eigenvalue weighted by molar-refractivity contribution is 0.0749. The Morgan fingerprint density at radius 3 is 2.68 bits per heavy atom. The molecule has 0 unspecified atom stereocenters. The molecule has 136 valence electrons. The summed E-state index contributed by atoms with van der Waals surface area (Å²) in [4.78, 5) is 4.94. The molecule has 0 amide bonds. The van der Waals surface area contributed by atoms with Crippen LogP contribution in [0.5, 0.6) is 0 Å². The number of piperidine rings is 1. The van der Waals surface area contributed by atoms with Crippen molar-refractivity contribution in [2.45, 2.75) is 32.4 Å². The van der Waals surface area contributed by atoms with E-state index in [9.17, 15) is 4.39 Å². The number of rotatable bonds is 6. The van der Waals surface area contributed by atoms with Crippen molar-refractivity contribution in [1.82, 2.24) is 19.6 Å². The summed E-state index contributed by atoms with van der Waals surface area (Å²) in [6.07, 6.45) is 6.67.